The number of H-pyrrole nitrogens is 1. The van der Waals surface area contributed by atoms with Crippen molar-refractivity contribution in [1.29, 1.82) is 0 Å². The van der Waals surface area contributed by atoms with Crippen molar-refractivity contribution < 1.29 is 17.9 Å². The van der Waals surface area contributed by atoms with E-state index in [9.17, 15) is 13.2 Å². The maximum absolute atomic E-state index is 14.7. The number of nitrogens with one attached hydrogen (secondary N) is 2. The number of aromatic amines is 1. The Balaban J connectivity index is 1.87. The van der Waals surface area contributed by atoms with Crippen LogP contribution in [0.3, 0.4) is 0 Å². The molecule has 1 unspecified atom stereocenters. The first-order valence-electron chi connectivity index (χ1n) is 8.61. The highest BCUT2D eigenvalue weighted by atomic mass is 35.5. The van der Waals surface area contributed by atoms with Crippen molar-refractivity contribution in [2.24, 2.45) is 0 Å². The molecule has 3 heterocycles. The number of rotatable bonds is 5. The Kier molecular flexibility index (Phi) is 4.73. The number of hydrogen-bond donors (Lipinski definition) is 3. The quantitative estimate of drug-likeness (QED) is 0.576. The van der Waals surface area contributed by atoms with Crippen LogP contribution >= 0.6 is 11.6 Å². The number of hydrogen-bond acceptors (Lipinski definition) is 6. The van der Waals surface area contributed by atoms with Crippen molar-refractivity contribution in [3.8, 4) is 5.75 Å². The number of halogens is 4. The molecule has 152 valence electrons. The van der Waals surface area contributed by atoms with Gasteiger partial charge in [-0.1, -0.05) is 18.5 Å². The smallest absolute Gasteiger partial charge is 0.280 e. The van der Waals surface area contributed by atoms with Gasteiger partial charge in [-0.15, -0.1) is 0 Å². The second-order valence-corrected chi connectivity index (χ2v) is 6.95. The van der Waals surface area contributed by atoms with Crippen LogP contribution in [0.1, 0.15) is 41.9 Å². The molecule has 0 aliphatic carbocycles. The van der Waals surface area contributed by atoms with Gasteiger partial charge in [-0.2, -0.15) is 5.10 Å². The van der Waals surface area contributed by atoms with Gasteiger partial charge in [0, 0.05) is 29.8 Å². The summed E-state index contributed by atoms with van der Waals surface area (Å²) in [6.07, 6.45) is -1.13. The Morgan fingerprint density at radius 3 is 2.62 bits per heavy atom. The third-order valence-corrected chi connectivity index (χ3v) is 5.13. The third kappa shape index (κ3) is 3.03. The van der Waals surface area contributed by atoms with E-state index in [1.54, 1.807) is 13.1 Å². The van der Waals surface area contributed by atoms with Crippen molar-refractivity contribution in [2.75, 3.05) is 19.4 Å². The number of methoxy groups -OCH3 is 1. The van der Waals surface area contributed by atoms with Gasteiger partial charge in [0.25, 0.3) is 6.43 Å². The molecule has 1 aliphatic heterocycles. The number of fused-ring (bicyclic) bond motifs is 1. The van der Waals surface area contributed by atoms with Crippen LogP contribution in [0.5, 0.6) is 5.75 Å². The summed E-state index contributed by atoms with van der Waals surface area (Å²) in [5.74, 6) is -0.732. The molecular formula is C18H16ClF3N6O. The molecule has 0 saturated carbocycles. The molecule has 0 bridgehead atoms. The molecule has 0 saturated heterocycles. The number of aromatic nitrogens is 4. The summed E-state index contributed by atoms with van der Waals surface area (Å²) in [5.41, 5.74) is 6.99. The van der Waals surface area contributed by atoms with Crippen LogP contribution < -0.4 is 15.8 Å². The molecule has 11 heteroatoms. The molecule has 7 nitrogen and oxygen atoms in total. The lowest BCUT2D eigenvalue weighted by Crippen LogP contribution is -2.22. The fourth-order valence-corrected chi connectivity index (χ4v) is 3.52. The summed E-state index contributed by atoms with van der Waals surface area (Å²) in [5, 5.41) is 8.89. The van der Waals surface area contributed by atoms with Crippen molar-refractivity contribution in [1.82, 2.24) is 25.5 Å². The molecule has 3 aromatic rings. The van der Waals surface area contributed by atoms with E-state index in [-0.39, 0.29) is 33.3 Å². The normalized spacial score (nSPS) is 14.5. The van der Waals surface area contributed by atoms with Crippen LogP contribution in [0, 0.1) is 5.82 Å². The number of nitrogen functional groups attached to an aromatic ring is 1. The van der Waals surface area contributed by atoms with E-state index in [1.807, 2.05) is 0 Å². The minimum atomic E-state index is -2.79. The molecule has 1 aliphatic rings. The van der Waals surface area contributed by atoms with Gasteiger partial charge in [-0.25, -0.2) is 23.1 Å². The average molecular weight is 425 g/mol. The van der Waals surface area contributed by atoms with Crippen LogP contribution in [-0.2, 0) is 0 Å². The summed E-state index contributed by atoms with van der Waals surface area (Å²) in [6, 6.07) is 1.44. The molecular weight excluding hydrogens is 409 g/mol. The molecule has 0 spiro atoms. The number of alkyl halides is 2. The minimum absolute atomic E-state index is 0.0213. The van der Waals surface area contributed by atoms with Gasteiger partial charge in [-0.3, -0.25) is 5.10 Å². The molecule has 2 aromatic heterocycles. The molecule has 4 N–H and O–H groups in total. The summed E-state index contributed by atoms with van der Waals surface area (Å²) in [7, 11) is 1.43. The van der Waals surface area contributed by atoms with Crippen molar-refractivity contribution in [2.45, 2.75) is 19.3 Å². The van der Waals surface area contributed by atoms with E-state index in [0.29, 0.717) is 23.4 Å². The zero-order valence-corrected chi connectivity index (χ0v) is 16.1. The number of nitrogens with zero attached hydrogens (tertiary/aromatic N) is 3. The Labute approximate surface area is 168 Å². The summed E-state index contributed by atoms with van der Waals surface area (Å²) >= 11 is 6.12. The highest BCUT2D eigenvalue weighted by Gasteiger charge is 2.28. The van der Waals surface area contributed by atoms with Crippen molar-refractivity contribution >= 4 is 34.0 Å². The largest absolute Gasteiger partial charge is 0.496 e. The monoisotopic (exact) mass is 424 g/mol. The lowest BCUT2D eigenvalue weighted by Gasteiger charge is -2.24. The highest BCUT2D eigenvalue weighted by molar-refractivity contribution is 6.31. The second-order valence-electron chi connectivity index (χ2n) is 6.55. The Hall–Kier alpha value is -3.01. The molecule has 1 atom stereocenters. The lowest BCUT2D eigenvalue weighted by atomic mass is 9.92. The van der Waals surface area contributed by atoms with E-state index in [4.69, 9.17) is 22.1 Å². The number of ether oxygens (including phenoxy) is 1. The van der Waals surface area contributed by atoms with Crippen LogP contribution in [0.2, 0.25) is 5.02 Å². The van der Waals surface area contributed by atoms with Crippen LogP contribution in [-0.4, -0.2) is 33.8 Å². The first-order valence-corrected chi connectivity index (χ1v) is 8.99. The van der Waals surface area contributed by atoms with E-state index < -0.39 is 23.9 Å². The minimum Gasteiger partial charge on any atom is -0.496 e. The second kappa shape index (κ2) is 7.11. The topological polar surface area (TPSA) is 102 Å². The number of anilines is 1. The zero-order valence-electron chi connectivity index (χ0n) is 15.4. The molecule has 0 fully saturated rings. The summed E-state index contributed by atoms with van der Waals surface area (Å²) in [6.45, 7) is 2.23. The number of nitrogens with two attached hydrogens (primary N) is 1. The third-order valence-electron chi connectivity index (χ3n) is 4.85. The van der Waals surface area contributed by atoms with E-state index in [1.165, 1.54) is 13.2 Å². The predicted octanol–water partition coefficient (Wildman–Crippen LogP) is 3.77. The van der Waals surface area contributed by atoms with E-state index in [2.05, 4.69) is 25.5 Å². The van der Waals surface area contributed by atoms with Crippen LogP contribution in [0.4, 0.5) is 19.0 Å². The Morgan fingerprint density at radius 1 is 1.31 bits per heavy atom. The Bertz CT molecular complexity index is 1150. The first-order chi connectivity index (χ1) is 13.8. The maximum atomic E-state index is 14.7. The molecule has 0 amide bonds. The first kappa shape index (κ1) is 19.3. The fraction of sp³-hybridized carbons (Fsp3) is 0.278. The summed E-state index contributed by atoms with van der Waals surface area (Å²) < 4.78 is 46.4. The van der Waals surface area contributed by atoms with Gasteiger partial charge in [0.05, 0.1) is 23.1 Å². The van der Waals surface area contributed by atoms with Gasteiger partial charge < -0.3 is 15.8 Å². The SMILES string of the molecule is COc1c(C(C)c2nc(N)c3c(C(F)F)[nH]nc3n2)cc(Cl)c(F)c1C1=CNC1. The summed E-state index contributed by atoms with van der Waals surface area (Å²) in [4.78, 5) is 8.45. The van der Waals surface area contributed by atoms with E-state index in [0.717, 1.165) is 0 Å². The van der Waals surface area contributed by atoms with Crippen LogP contribution in [0.15, 0.2) is 12.3 Å². The average Bonchev–Trinajstić information content (AvgIpc) is 3.08. The standard InChI is InChI=1S/C18H16ClF3N6O/c1-6(17-25-16(23)11-13(15(21)22)27-28-18(11)26-17)8-3-9(19)12(20)10(14(8)29-2)7-4-24-5-7/h3-4,6,15,24H,5H2,1-2H3,(H3,23,25,26,27,28). The van der Waals surface area contributed by atoms with Gasteiger partial charge >= 0.3 is 0 Å². The number of benzene rings is 1. The van der Waals surface area contributed by atoms with E-state index >= 15 is 0 Å². The van der Waals surface area contributed by atoms with Gasteiger partial charge in [0.2, 0.25) is 0 Å². The van der Waals surface area contributed by atoms with Gasteiger partial charge in [0.1, 0.15) is 23.1 Å². The van der Waals surface area contributed by atoms with Gasteiger partial charge in [0.15, 0.2) is 11.5 Å². The molecule has 4 rings (SSSR count). The fourth-order valence-electron chi connectivity index (χ4n) is 3.30. The van der Waals surface area contributed by atoms with Crippen molar-refractivity contribution in [3.05, 3.63) is 45.8 Å². The maximum Gasteiger partial charge on any atom is 0.280 e. The predicted molar refractivity (Wildman–Crippen MR) is 103 cm³/mol. The van der Waals surface area contributed by atoms with Crippen molar-refractivity contribution in [3.63, 3.8) is 0 Å². The molecule has 29 heavy (non-hydrogen) atoms. The highest BCUT2D eigenvalue weighted by Crippen LogP contribution is 2.42. The molecule has 0 radical (unpaired) electrons. The molecule has 1 aromatic carbocycles. The van der Waals surface area contributed by atoms with Gasteiger partial charge in [-0.05, 0) is 6.07 Å². The van der Waals surface area contributed by atoms with Crippen LogP contribution in [0.25, 0.3) is 16.6 Å². The lowest BCUT2D eigenvalue weighted by molar-refractivity contribution is 0.147. The Morgan fingerprint density at radius 2 is 2.03 bits per heavy atom. The zero-order chi connectivity index (χ0) is 20.9.